The van der Waals surface area contributed by atoms with Crippen LogP contribution in [0.4, 0.5) is 4.79 Å². The number of Topliss-reactive ketones (excluding diaryl/α,β-unsaturated/α-hetero) is 1. The third kappa shape index (κ3) is 4.94. The highest BCUT2D eigenvalue weighted by Gasteiger charge is 2.36. The van der Waals surface area contributed by atoms with Gasteiger partial charge < -0.3 is 9.47 Å². The average molecular weight is 367 g/mol. The Hall–Kier alpha value is -3.15. The van der Waals surface area contributed by atoms with Crippen molar-refractivity contribution < 1.29 is 23.9 Å². The Morgan fingerprint density at radius 3 is 2.30 bits per heavy atom. The van der Waals surface area contributed by atoms with Crippen LogP contribution in [0.15, 0.2) is 60.7 Å². The summed E-state index contributed by atoms with van der Waals surface area (Å²) in [5, 5.41) is 0. The van der Waals surface area contributed by atoms with Gasteiger partial charge in [0.05, 0.1) is 0 Å². The minimum absolute atomic E-state index is 0.143. The zero-order valence-corrected chi connectivity index (χ0v) is 14.9. The van der Waals surface area contributed by atoms with Gasteiger partial charge in [-0.15, -0.1) is 0 Å². The number of ether oxygens (including phenoxy) is 2. The van der Waals surface area contributed by atoms with Gasteiger partial charge in [0, 0.05) is 12.1 Å². The van der Waals surface area contributed by atoms with Crippen LogP contribution in [0, 0.1) is 0 Å². The lowest BCUT2D eigenvalue weighted by molar-refractivity contribution is -0.147. The predicted molar refractivity (Wildman–Crippen MR) is 98.1 cm³/mol. The molecule has 3 rings (SSSR count). The second kappa shape index (κ2) is 8.98. The predicted octanol–water partition coefficient (Wildman–Crippen LogP) is 3.21. The Bertz CT molecular complexity index is 791. The molecule has 1 heterocycles. The minimum Gasteiger partial charge on any atom is -0.456 e. The molecule has 1 atom stereocenters. The van der Waals surface area contributed by atoms with E-state index >= 15 is 0 Å². The van der Waals surface area contributed by atoms with Crippen molar-refractivity contribution in [2.75, 3.05) is 13.2 Å². The summed E-state index contributed by atoms with van der Waals surface area (Å²) in [5.41, 5.74) is 1.36. The number of carbonyl (C=O) groups is 3. The molecule has 0 radical (unpaired) electrons. The first-order valence-corrected chi connectivity index (χ1v) is 8.87. The summed E-state index contributed by atoms with van der Waals surface area (Å²) in [6.07, 6.45) is 0.638. The molecule has 0 aromatic heterocycles. The second-order valence-electron chi connectivity index (χ2n) is 6.29. The van der Waals surface area contributed by atoms with Crippen LogP contribution >= 0.6 is 0 Å². The number of amides is 1. The molecular formula is C21H21NO5. The number of likely N-dealkylation sites (tertiary alicyclic amines) is 1. The lowest BCUT2D eigenvalue weighted by Crippen LogP contribution is -2.42. The number of rotatable bonds is 6. The van der Waals surface area contributed by atoms with E-state index in [0.29, 0.717) is 24.9 Å². The van der Waals surface area contributed by atoms with Gasteiger partial charge in [-0.2, -0.15) is 0 Å². The lowest BCUT2D eigenvalue weighted by atomic mass is 10.1. The van der Waals surface area contributed by atoms with Crippen molar-refractivity contribution in [1.29, 1.82) is 0 Å². The highest BCUT2D eigenvalue weighted by molar-refractivity contribution is 5.98. The average Bonchev–Trinajstić information content (AvgIpc) is 3.21. The highest BCUT2D eigenvalue weighted by Crippen LogP contribution is 2.20. The number of benzene rings is 2. The number of nitrogens with zero attached hydrogens (tertiary/aromatic N) is 1. The molecule has 2 aromatic carbocycles. The van der Waals surface area contributed by atoms with Gasteiger partial charge in [-0.05, 0) is 18.4 Å². The molecule has 6 heteroatoms. The van der Waals surface area contributed by atoms with Crippen LogP contribution in [0.3, 0.4) is 0 Å². The summed E-state index contributed by atoms with van der Waals surface area (Å²) in [5.74, 6) is -0.853. The van der Waals surface area contributed by atoms with Gasteiger partial charge in [0.15, 0.2) is 12.4 Å². The van der Waals surface area contributed by atoms with Crippen LogP contribution in [0.1, 0.15) is 28.8 Å². The van der Waals surface area contributed by atoms with Crippen molar-refractivity contribution in [2.45, 2.75) is 25.5 Å². The fourth-order valence-electron chi connectivity index (χ4n) is 2.97. The molecule has 6 nitrogen and oxygen atoms in total. The molecule has 0 unspecified atom stereocenters. The van der Waals surface area contributed by atoms with Gasteiger partial charge in [0.2, 0.25) is 0 Å². The molecule has 140 valence electrons. The first-order chi connectivity index (χ1) is 13.1. The van der Waals surface area contributed by atoms with Gasteiger partial charge in [0.25, 0.3) is 0 Å². The molecular weight excluding hydrogens is 346 g/mol. The topological polar surface area (TPSA) is 72.9 Å². The first-order valence-electron chi connectivity index (χ1n) is 8.87. The van der Waals surface area contributed by atoms with Crippen molar-refractivity contribution in [3.8, 4) is 0 Å². The van der Waals surface area contributed by atoms with E-state index in [4.69, 9.17) is 9.47 Å². The Balaban J connectivity index is 1.51. The Morgan fingerprint density at radius 1 is 0.926 bits per heavy atom. The zero-order valence-electron chi connectivity index (χ0n) is 14.9. The molecule has 2 aromatic rings. The van der Waals surface area contributed by atoms with Crippen LogP contribution in [0.25, 0.3) is 0 Å². The van der Waals surface area contributed by atoms with Crippen LogP contribution in [-0.4, -0.2) is 41.9 Å². The fraction of sp³-hybridized carbons (Fsp3) is 0.286. The van der Waals surface area contributed by atoms with Crippen molar-refractivity contribution in [3.05, 3.63) is 71.8 Å². The van der Waals surface area contributed by atoms with E-state index in [9.17, 15) is 14.4 Å². The van der Waals surface area contributed by atoms with E-state index in [0.717, 1.165) is 5.56 Å². The second-order valence-corrected chi connectivity index (χ2v) is 6.29. The fourth-order valence-corrected chi connectivity index (χ4v) is 2.97. The minimum atomic E-state index is -0.711. The van der Waals surface area contributed by atoms with E-state index < -0.39 is 18.1 Å². The Morgan fingerprint density at radius 2 is 1.59 bits per heavy atom. The van der Waals surface area contributed by atoms with E-state index in [1.54, 1.807) is 30.3 Å². The molecule has 1 fully saturated rings. The number of hydrogen-bond acceptors (Lipinski definition) is 5. The third-order valence-electron chi connectivity index (χ3n) is 4.41. The highest BCUT2D eigenvalue weighted by atomic mass is 16.6. The smallest absolute Gasteiger partial charge is 0.410 e. The van der Waals surface area contributed by atoms with Gasteiger partial charge in [-0.25, -0.2) is 9.59 Å². The Kier molecular flexibility index (Phi) is 6.20. The van der Waals surface area contributed by atoms with E-state index in [1.807, 2.05) is 30.3 Å². The Labute approximate surface area is 157 Å². The summed E-state index contributed by atoms with van der Waals surface area (Å²) in [6.45, 7) is 0.233. The first kappa shape index (κ1) is 18.6. The summed E-state index contributed by atoms with van der Waals surface area (Å²) in [4.78, 5) is 38.1. The summed E-state index contributed by atoms with van der Waals surface area (Å²) in [6, 6.07) is 17.2. The molecule has 1 aliphatic heterocycles. The standard InChI is InChI=1S/C21H21NO5/c23-19(17-10-5-2-6-11-17)15-26-20(24)18-12-7-13-22(18)21(25)27-14-16-8-3-1-4-9-16/h1-6,8-11,18H,7,12-15H2/t18-/m1/s1. The van der Waals surface area contributed by atoms with Gasteiger partial charge in [0.1, 0.15) is 12.6 Å². The summed E-state index contributed by atoms with van der Waals surface area (Å²) < 4.78 is 10.4. The van der Waals surface area contributed by atoms with E-state index in [1.165, 1.54) is 4.90 Å². The lowest BCUT2D eigenvalue weighted by Gasteiger charge is -2.22. The van der Waals surface area contributed by atoms with Crippen molar-refractivity contribution in [2.24, 2.45) is 0 Å². The summed E-state index contributed by atoms with van der Waals surface area (Å²) >= 11 is 0. The number of hydrogen-bond donors (Lipinski definition) is 0. The normalized spacial score (nSPS) is 16.0. The van der Waals surface area contributed by atoms with E-state index in [2.05, 4.69) is 0 Å². The number of ketones is 1. The van der Waals surface area contributed by atoms with Crippen molar-refractivity contribution in [1.82, 2.24) is 4.90 Å². The maximum atomic E-state index is 12.3. The molecule has 0 aliphatic carbocycles. The third-order valence-corrected chi connectivity index (χ3v) is 4.41. The molecule has 1 aliphatic rings. The quantitative estimate of drug-likeness (QED) is 0.579. The van der Waals surface area contributed by atoms with Crippen LogP contribution in [-0.2, 0) is 20.9 Å². The maximum absolute atomic E-state index is 12.3. The zero-order chi connectivity index (χ0) is 19.1. The van der Waals surface area contributed by atoms with Crippen molar-refractivity contribution in [3.63, 3.8) is 0 Å². The summed E-state index contributed by atoms with van der Waals surface area (Å²) in [7, 11) is 0. The molecule has 27 heavy (non-hydrogen) atoms. The molecule has 1 amide bonds. The number of carbonyl (C=O) groups excluding carboxylic acids is 3. The van der Waals surface area contributed by atoms with Gasteiger partial charge in [-0.3, -0.25) is 9.69 Å². The monoisotopic (exact) mass is 367 g/mol. The van der Waals surface area contributed by atoms with Gasteiger partial charge >= 0.3 is 12.1 Å². The molecule has 0 N–H and O–H groups in total. The van der Waals surface area contributed by atoms with Crippen LogP contribution in [0.5, 0.6) is 0 Å². The molecule has 0 bridgehead atoms. The van der Waals surface area contributed by atoms with Crippen LogP contribution in [0.2, 0.25) is 0 Å². The molecule has 0 spiro atoms. The van der Waals surface area contributed by atoms with Crippen molar-refractivity contribution >= 4 is 17.8 Å². The van der Waals surface area contributed by atoms with Gasteiger partial charge in [-0.1, -0.05) is 60.7 Å². The molecule has 0 saturated carbocycles. The largest absolute Gasteiger partial charge is 0.456 e. The number of esters is 1. The van der Waals surface area contributed by atoms with Crippen LogP contribution < -0.4 is 0 Å². The molecule has 1 saturated heterocycles. The van der Waals surface area contributed by atoms with E-state index in [-0.39, 0.29) is 19.0 Å². The SMILES string of the molecule is O=C(COC(=O)[C@H]1CCCN1C(=O)OCc1ccccc1)c1ccccc1. The maximum Gasteiger partial charge on any atom is 0.410 e.